The first-order chi connectivity index (χ1) is 40.0. The van der Waals surface area contributed by atoms with E-state index in [0.29, 0.717) is 19.3 Å². The fourth-order valence-corrected chi connectivity index (χ4v) is 10.8. The van der Waals surface area contributed by atoms with Gasteiger partial charge in [-0.3, -0.25) is 14.4 Å². The van der Waals surface area contributed by atoms with Crippen LogP contribution in [-0.4, -0.2) is 37.2 Å². The maximum atomic E-state index is 13.0. The van der Waals surface area contributed by atoms with Crippen molar-refractivity contribution in [3.8, 4) is 0 Å². The van der Waals surface area contributed by atoms with Crippen molar-refractivity contribution >= 4 is 17.9 Å². The standard InChI is InChI=1S/C75H138O6/c1-4-7-10-13-16-19-22-25-27-29-31-33-35-36-37-38-40-41-43-45-47-50-53-56-59-62-65-68-74(77)80-71-72(70-79-73(76)67-64-61-58-55-52-49-24-21-18-15-12-9-6-3)81-75(78)69-66-63-60-57-54-51-48-46-44-42-39-34-32-30-28-26-23-20-17-14-11-8-5-2/h12,15,21,24,29-32,72H,4-11,13-14,16-20,22-23,25-28,33-71H2,1-3H3/b15-12-,24-21-,31-29-,32-30-. The SMILES string of the molecule is CCC/C=C\C/C=C\CCCCCCCC(=O)OCC(COC(=O)CCCCCCCCCCCCCCCCC/C=C\CCCCCCCCCC)OC(=O)CCCCCCCCCCCCC/C=C\CCCCCCCCCC. The van der Waals surface area contributed by atoms with Gasteiger partial charge >= 0.3 is 17.9 Å². The average Bonchev–Trinajstić information content (AvgIpc) is 3.46. The second-order valence-corrected chi connectivity index (χ2v) is 24.5. The van der Waals surface area contributed by atoms with Crippen LogP contribution in [0.2, 0.25) is 0 Å². The highest BCUT2D eigenvalue weighted by atomic mass is 16.6. The molecule has 0 aromatic rings. The Morgan fingerprint density at radius 2 is 0.469 bits per heavy atom. The lowest BCUT2D eigenvalue weighted by Crippen LogP contribution is -2.30. The Kier molecular flexibility index (Phi) is 67.6. The van der Waals surface area contributed by atoms with E-state index in [0.717, 1.165) is 83.5 Å². The van der Waals surface area contributed by atoms with Gasteiger partial charge < -0.3 is 14.2 Å². The van der Waals surface area contributed by atoms with Crippen molar-refractivity contribution < 1.29 is 28.6 Å². The van der Waals surface area contributed by atoms with Gasteiger partial charge in [-0.25, -0.2) is 0 Å². The molecule has 0 bridgehead atoms. The quantitative estimate of drug-likeness (QED) is 0.0261. The maximum absolute atomic E-state index is 13.0. The predicted molar refractivity (Wildman–Crippen MR) is 353 cm³/mol. The van der Waals surface area contributed by atoms with Gasteiger partial charge in [-0.15, -0.1) is 0 Å². The van der Waals surface area contributed by atoms with Crippen molar-refractivity contribution in [3.05, 3.63) is 48.6 Å². The molecule has 6 nitrogen and oxygen atoms in total. The molecule has 0 rings (SSSR count). The fourth-order valence-electron chi connectivity index (χ4n) is 10.8. The topological polar surface area (TPSA) is 78.9 Å². The zero-order chi connectivity index (χ0) is 58.5. The van der Waals surface area contributed by atoms with Crippen LogP contribution in [0.3, 0.4) is 0 Å². The molecule has 0 N–H and O–H groups in total. The van der Waals surface area contributed by atoms with Crippen molar-refractivity contribution in [1.82, 2.24) is 0 Å². The highest BCUT2D eigenvalue weighted by molar-refractivity contribution is 5.71. The van der Waals surface area contributed by atoms with E-state index in [1.54, 1.807) is 0 Å². The fraction of sp³-hybridized carbons (Fsp3) is 0.853. The summed E-state index contributed by atoms with van der Waals surface area (Å²) in [6.45, 7) is 6.63. The summed E-state index contributed by atoms with van der Waals surface area (Å²) in [6.07, 6.45) is 88.7. The number of ether oxygens (including phenoxy) is 3. The van der Waals surface area contributed by atoms with Gasteiger partial charge in [0, 0.05) is 19.3 Å². The molecule has 6 heteroatoms. The van der Waals surface area contributed by atoms with Crippen LogP contribution in [0, 0.1) is 0 Å². The van der Waals surface area contributed by atoms with Crippen LogP contribution in [0.5, 0.6) is 0 Å². The molecule has 0 aliphatic rings. The van der Waals surface area contributed by atoms with Crippen LogP contribution in [0.4, 0.5) is 0 Å². The molecule has 0 radical (unpaired) electrons. The molecule has 0 spiro atoms. The highest BCUT2D eigenvalue weighted by Gasteiger charge is 2.19. The largest absolute Gasteiger partial charge is 0.462 e. The summed E-state index contributed by atoms with van der Waals surface area (Å²) in [5, 5.41) is 0. The molecule has 0 amide bonds. The van der Waals surface area contributed by atoms with Gasteiger partial charge in [-0.2, -0.15) is 0 Å². The van der Waals surface area contributed by atoms with E-state index in [1.165, 1.54) is 270 Å². The molecule has 81 heavy (non-hydrogen) atoms. The number of esters is 3. The third kappa shape index (κ3) is 68.0. The minimum Gasteiger partial charge on any atom is -0.462 e. The van der Waals surface area contributed by atoms with Crippen LogP contribution < -0.4 is 0 Å². The van der Waals surface area contributed by atoms with Gasteiger partial charge in [0.1, 0.15) is 13.2 Å². The van der Waals surface area contributed by atoms with Crippen LogP contribution in [0.1, 0.15) is 393 Å². The summed E-state index contributed by atoms with van der Waals surface area (Å²) in [4.78, 5) is 38.4. The lowest BCUT2D eigenvalue weighted by Gasteiger charge is -2.18. The summed E-state index contributed by atoms with van der Waals surface area (Å²) < 4.78 is 17.0. The number of carbonyl (C=O) groups excluding carboxylic acids is 3. The molecule has 0 aliphatic carbocycles. The summed E-state index contributed by atoms with van der Waals surface area (Å²) in [7, 11) is 0. The molecule has 0 aromatic heterocycles. The molecule has 474 valence electrons. The lowest BCUT2D eigenvalue weighted by molar-refractivity contribution is -0.167. The Labute approximate surface area is 505 Å². The minimum atomic E-state index is -0.779. The minimum absolute atomic E-state index is 0.0743. The van der Waals surface area contributed by atoms with E-state index in [4.69, 9.17) is 14.2 Å². The van der Waals surface area contributed by atoms with Crippen LogP contribution >= 0.6 is 0 Å². The van der Waals surface area contributed by atoms with Gasteiger partial charge in [-0.1, -0.05) is 326 Å². The van der Waals surface area contributed by atoms with Crippen molar-refractivity contribution in [2.24, 2.45) is 0 Å². The number of hydrogen-bond acceptors (Lipinski definition) is 6. The average molecular weight is 1140 g/mol. The summed E-state index contributed by atoms with van der Waals surface area (Å²) in [5.41, 5.74) is 0. The molecule has 1 unspecified atom stereocenters. The highest BCUT2D eigenvalue weighted by Crippen LogP contribution is 2.18. The van der Waals surface area contributed by atoms with Gasteiger partial charge in [-0.05, 0) is 96.3 Å². The van der Waals surface area contributed by atoms with Crippen LogP contribution in [0.25, 0.3) is 0 Å². The molecule has 0 saturated heterocycles. The normalized spacial score (nSPS) is 12.3. The molecular formula is C75H138O6. The van der Waals surface area contributed by atoms with E-state index in [9.17, 15) is 14.4 Å². The second-order valence-electron chi connectivity index (χ2n) is 24.5. The maximum Gasteiger partial charge on any atom is 0.306 e. The first-order valence-electron chi connectivity index (χ1n) is 36.1. The first kappa shape index (κ1) is 78.4. The monoisotopic (exact) mass is 1140 g/mol. The Morgan fingerprint density at radius 1 is 0.247 bits per heavy atom. The number of rotatable bonds is 67. The second kappa shape index (κ2) is 69.9. The van der Waals surface area contributed by atoms with E-state index in [-0.39, 0.29) is 31.1 Å². The Balaban J connectivity index is 4.22. The predicted octanol–water partition coefficient (Wildman–Crippen LogP) is 24.9. The molecule has 0 saturated carbocycles. The molecule has 0 fully saturated rings. The Bertz CT molecular complexity index is 1400. The molecular weight excluding hydrogens is 997 g/mol. The zero-order valence-electron chi connectivity index (χ0n) is 54.6. The van der Waals surface area contributed by atoms with Crippen molar-refractivity contribution in [2.75, 3.05) is 13.2 Å². The van der Waals surface area contributed by atoms with Gasteiger partial charge in [0.05, 0.1) is 0 Å². The molecule has 1 atom stereocenters. The first-order valence-corrected chi connectivity index (χ1v) is 36.1. The lowest BCUT2D eigenvalue weighted by atomic mass is 10.0. The van der Waals surface area contributed by atoms with Gasteiger partial charge in [0.15, 0.2) is 6.10 Å². The number of unbranched alkanes of at least 4 members (excludes halogenated alkanes) is 48. The Hall–Kier alpha value is -2.63. The number of hydrogen-bond donors (Lipinski definition) is 0. The summed E-state index contributed by atoms with van der Waals surface area (Å²) in [5.74, 6) is -0.865. The third-order valence-corrected chi connectivity index (χ3v) is 16.3. The van der Waals surface area contributed by atoms with Crippen molar-refractivity contribution in [2.45, 2.75) is 399 Å². The Morgan fingerprint density at radius 3 is 0.741 bits per heavy atom. The zero-order valence-corrected chi connectivity index (χ0v) is 54.6. The van der Waals surface area contributed by atoms with E-state index in [2.05, 4.69) is 69.4 Å². The number of carbonyl (C=O) groups is 3. The molecule has 0 heterocycles. The van der Waals surface area contributed by atoms with Crippen LogP contribution in [-0.2, 0) is 28.6 Å². The van der Waals surface area contributed by atoms with Crippen molar-refractivity contribution in [1.29, 1.82) is 0 Å². The number of allylic oxidation sites excluding steroid dienone is 8. The molecule has 0 aliphatic heterocycles. The van der Waals surface area contributed by atoms with E-state index < -0.39 is 6.10 Å². The summed E-state index contributed by atoms with van der Waals surface area (Å²) in [6, 6.07) is 0. The van der Waals surface area contributed by atoms with Crippen molar-refractivity contribution in [3.63, 3.8) is 0 Å². The van der Waals surface area contributed by atoms with Gasteiger partial charge in [0.2, 0.25) is 0 Å². The van der Waals surface area contributed by atoms with Crippen LogP contribution in [0.15, 0.2) is 48.6 Å². The van der Waals surface area contributed by atoms with E-state index >= 15 is 0 Å². The van der Waals surface area contributed by atoms with Gasteiger partial charge in [0.25, 0.3) is 0 Å². The summed E-state index contributed by atoms with van der Waals surface area (Å²) >= 11 is 0. The smallest absolute Gasteiger partial charge is 0.306 e. The molecule has 0 aromatic carbocycles. The van der Waals surface area contributed by atoms with E-state index in [1.807, 2.05) is 0 Å². The third-order valence-electron chi connectivity index (χ3n) is 16.3.